The quantitative estimate of drug-likeness (QED) is 0.715. The van der Waals surface area contributed by atoms with Gasteiger partial charge in [0.2, 0.25) is 5.95 Å². The monoisotopic (exact) mass is 364 g/mol. The standard InChI is InChI=1S/C21H21FN4O/c1-25-20(27)12-19(17-9-10-23-13-18(17)22)24-21(25)26-11-5-8-16(14-26)15-6-3-2-4-7-15/h2-4,6-7,9-10,12-13,16H,5,8,11,14H2,1H3/t16-/m0/s1. The summed E-state index contributed by atoms with van der Waals surface area (Å²) in [6.45, 7) is 1.61. The van der Waals surface area contributed by atoms with Crippen LogP contribution in [-0.2, 0) is 7.05 Å². The van der Waals surface area contributed by atoms with Crippen LogP contribution in [-0.4, -0.2) is 27.6 Å². The Morgan fingerprint density at radius 2 is 2.00 bits per heavy atom. The third-order valence-electron chi connectivity index (χ3n) is 5.13. The third kappa shape index (κ3) is 3.47. The predicted octanol–water partition coefficient (Wildman–Crippen LogP) is 3.37. The minimum atomic E-state index is -0.481. The van der Waals surface area contributed by atoms with Crippen molar-refractivity contribution in [3.05, 3.63) is 76.6 Å². The molecule has 2 aromatic heterocycles. The van der Waals surface area contributed by atoms with Gasteiger partial charge in [0.25, 0.3) is 5.56 Å². The predicted molar refractivity (Wildman–Crippen MR) is 103 cm³/mol. The van der Waals surface area contributed by atoms with Gasteiger partial charge in [-0.15, -0.1) is 0 Å². The molecule has 1 atom stereocenters. The lowest BCUT2D eigenvalue weighted by Gasteiger charge is -2.34. The fraction of sp³-hybridized carbons (Fsp3) is 0.286. The molecule has 27 heavy (non-hydrogen) atoms. The highest BCUT2D eigenvalue weighted by Crippen LogP contribution is 2.29. The van der Waals surface area contributed by atoms with Crippen LogP contribution in [0, 0.1) is 5.82 Å². The maximum Gasteiger partial charge on any atom is 0.255 e. The maximum atomic E-state index is 14.1. The van der Waals surface area contributed by atoms with Crippen LogP contribution in [0.4, 0.5) is 10.3 Å². The van der Waals surface area contributed by atoms with E-state index in [-0.39, 0.29) is 5.56 Å². The van der Waals surface area contributed by atoms with Gasteiger partial charge in [0.05, 0.1) is 11.9 Å². The van der Waals surface area contributed by atoms with Crippen molar-refractivity contribution in [1.82, 2.24) is 14.5 Å². The van der Waals surface area contributed by atoms with E-state index in [1.807, 2.05) is 6.07 Å². The molecule has 3 aromatic rings. The second-order valence-corrected chi connectivity index (χ2v) is 6.89. The zero-order valence-electron chi connectivity index (χ0n) is 15.2. The fourth-order valence-electron chi connectivity index (χ4n) is 3.69. The zero-order chi connectivity index (χ0) is 18.8. The number of hydrogen-bond donors (Lipinski definition) is 0. The number of anilines is 1. The van der Waals surface area contributed by atoms with Crippen molar-refractivity contribution in [2.45, 2.75) is 18.8 Å². The van der Waals surface area contributed by atoms with E-state index in [1.165, 1.54) is 22.4 Å². The molecule has 1 aliphatic heterocycles. The summed E-state index contributed by atoms with van der Waals surface area (Å²) >= 11 is 0. The lowest BCUT2D eigenvalue weighted by atomic mass is 9.91. The molecule has 1 fully saturated rings. The zero-order valence-corrected chi connectivity index (χ0v) is 15.2. The summed E-state index contributed by atoms with van der Waals surface area (Å²) < 4.78 is 15.7. The second-order valence-electron chi connectivity index (χ2n) is 6.89. The van der Waals surface area contributed by atoms with Gasteiger partial charge in [-0.25, -0.2) is 9.37 Å². The SMILES string of the molecule is Cn1c(N2CCC[C@H](c3ccccc3)C2)nc(-c2ccncc2F)cc1=O. The highest BCUT2D eigenvalue weighted by atomic mass is 19.1. The first-order chi connectivity index (χ1) is 13.1. The van der Waals surface area contributed by atoms with Crippen LogP contribution in [0.3, 0.4) is 0 Å². The Kier molecular flexibility index (Phi) is 4.71. The molecule has 6 heteroatoms. The number of aromatic nitrogens is 3. The van der Waals surface area contributed by atoms with E-state index in [0.29, 0.717) is 23.1 Å². The molecule has 3 heterocycles. The van der Waals surface area contributed by atoms with Crippen LogP contribution in [0.1, 0.15) is 24.3 Å². The van der Waals surface area contributed by atoms with Crippen LogP contribution >= 0.6 is 0 Å². The molecular weight excluding hydrogens is 343 g/mol. The highest BCUT2D eigenvalue weighted by Gasteiger charge is 2.24. The molecule has 1 saturated heterocycles. The van der Waals surface area contributed by atoms with Gasteiger partial charge < -0.3 is 4.90 Å². The maximum absolute atomic E-state index is 14.1. The molecule has 138 valence electrons. The Bertz CT molecular complexity index is 1000. The summed E-state index contributed by atoms with van der Waals surface area (Å²) in [5.41, 5.74) is 1.73. The van der Waals surface area contributed by atoms with E-state index < -0.39 is 5.82 Å². The lowest BCUT2D eigenvalue weighted by Crippen LogP contribution is -2.38. The Labute approximate surface area is 157 Å². The van der Waals surface area contributed by atoms with Crippen molar-refractivity contribution < 1.29 is 4.39 Å². The fourth-order valence-corrected chi connectivity index (χ4v) is 3.69. The number of benzene rings is 1. The summed E-state index contributed by atoms with van der Waals surface area (Å²) in [6.07, 6.45) is 4.76. The summed E-state index contributed by atoms with van der Waals surface area (Å²) in [5.74, 6) is 0.484. The van der Waals surface area contributed by atoms with Crippen LogP contribution in [0.15, 0.2) is 59.7 Å². The Morgan fingerprint density at radius 3 is 2.78 bits per heavy atom. The number of piperidine rings is 1. The average Bonchev–Trinajstić information content (AvgIpc) is 2.71. The van der Waals surface area contributed by atoms with Crippen molar-refractivity contribution in [2.24, 2.45) is 7.05 Å². The second kappa shape index (κ2) is 7.31. The topological polar surface area (TPSA) is 51.0 Å². The molecule has 0 aliphatic carbocycles. The van der Waals surface area contributed by atoms with Gasteiger partial charge in [0.1, 0.15) is 0 Å². The first-order valence-electron chi connectivity index (χ1n) is 9.11. The van der Waals surface area contributed by atoms with Crippen molar-refractivity contribution in [2.75, 3.05) is 18.0 Å². The number of halogens is 1. The Morgan fingerprint density at radius 1 is 1.19 bits per heavy atom. The summed E-state index contributed by atoms with van der Waals surface area (Å²) in [5, 5.41) is 0. The molecule has 0 unspecified atom stereocenters. The minimum Gasteiger partial charge on any atom is -0.342 e. The van der Waals surface area contributed by atoms with Crippen LogP contribution in [0.25, 0.3) is 11.3 Å². The number of nitrogens with zero attached hydrogens (tertiary/aromatic N) is 4. The lowest BCUT2D eigenvalue weighted by molar-refractivity contribution is 0.497. The van der Waals surface area contributed by atoms with Gasteiger partial charge in [-0.1, -0.05) is 30.3 Å². The van der Waals surface area contributed by atoms with Crippen molar-refractivity contribution in [3.8, 4) is 11.3 Å². The van der Waals surface area contributed by atoms with Crippen LogP contribution in [0.5, 0.6) is 0 Å². The van der Waals surface area contributed by atoms with Crippen molar-refractivity contribution >= 4 is 5.95 Å². The molecule has 1 aliphatic rings. The summed E-state index contributed by atoms with van der Waals surface area (Å²) in [4.78, 5) is 23.0. The van der Waals surface area contributed by atoms with Crippen molar-refractivity contribution in [1.29, 1.82) is 0 Å². The minimum absolute atomic E-state index is 0.201. The number of pyridine rings is 1. The van der Waals surface area contributed by atoms with E-state index in [2.05, 4.69) is 39.1 Å². The van der Waals surface area contributed by atoms with E-state index >= 15 is 0 Å². The smallest absolute Gasteiger partial charge is 0.255 e. The average molecular weight is 364 g/mol. The molecule has 0 spiro atoms. The number of hydrogen-bond acceptors (Lipinski definition) is 4. The summed E-state index contributed by atoms with van der Waals surface area (Å²) in [6, 6.07) is 13.3. The van der Waals surface area contributed by atoms with Gasteiger partial charge in [-0.05, 0) is 24.5 Å². The molecule has 0 bridgehead atoms. The molecule has 0 amide bonds. The Hall–Kier alpha value is -3.02. The Balaban J connectivity index is 1.71. The van der Waals surface area contributed by atoms with E-state index in [9.17, 15) is 9.18 Å². The first-order valence-corrected chi connectivity index (χ1v) is 9.11. The summed E-state index contributed by atoms with van der Waals surface area (Å²) in [7, 11) is 1.71. The first kappa shape index (κ1) is 17.4. The largest absolute Gasteiger partial charge is 0.342 e. The molecule has 0 N–H and O–H groups in total. The van der Waals surface area contributed by atoms with Crippen molar-refractivity contribution in [3.63, 3.8) is 0 Å². The molecule has 5 nitrogen and oxygen atoms in total. The van der Waals surface area contributed by atoms with Crippen LogP contribution < -0.4 is 10.5 Å². The van der Waals surface area contributed by atoms with Gasteiger partial charge in [0.15, 0.2) is 5.82 Å². The highest BCUT2D eigenvalue weighted by molar-refractivity contribution is 5.60. The van der Waals surface area contributed by atoms with Gasteiger partial charge in [0, 0.05) is 43.9 Å². The van der Waals surface area contributed by atoms with Gasteiger partial charge in [-0.2, -0.15) is 0 Å². The van der Waals surface area contributed by atoms with Gasteiger partial charge >= 0.3 is 0 Å². The molecule has 4 rings (SSSR count). The molecule has 1 aromatic carbocycles. The van der Waals surface area contributed by atoms with E-state index in [1.54, 1.807) is 13.1 Å². The molecule has 0 saturated carbocycles. The number of rotatable bonds is 3. The third-order valence-corrected chi connectivity index (χ3v) is 5.13. The normalized spacial score (nSPS) is 17.1. The molecule has 0 radical (unpaired) electrons. The van der Waals surface area contributed by atoms with E-state index in [0.717, 1.165) is 32.1 Å². The van der Waals surface area contributed by atoms with Gasteiger partial charge in [-0.3, -0.25) is 14.3 Å². The molecular formula is C21H21FN4O. The van der Waals surface area contributed by atoms with Crippen LogP contribution in [0.2, 0.25) is 0 Å². The van der Waals surface area contributed by atoms with E-state index in [4.69, 9.17) is 0 Å².